The van der Waals surface area contributed by atoms with Gasteiger partial charge in [0, 0.05) is 25.9 Å². The highest BCUT2D eigenvalue weighted by Gasteiger charge is 2.31. The molecule has 2 atom stereocenters. The summed E-state index contributed by atoms with van der Waals surface area (Å²) in [5.74, 6) is 1.19. The largest absolute Gasteiger partial charge is 0.481 e. The monoisotopic (exact) mass is 496 g/mol. The van der Waals surface area contributed by atoms with Crippen LogP contribution in [0, 0.1) is 5.92 Å². The number of nitrogens with zero attached hydrogens (tertiary/aromatic N) is 1. The Labute approximate surface area is 210 Å². The van der Waals surface area contributed by atoms with E-state index in [0.717, 1.165) is 46.6 Å². The fourth-order valence-corrected chi connectivity index (χ4v) is 6.15. The van der Waals surface area contributed by atoms with Gasteiger partial charge in [-0.25, -0.2) is 4.79 Å². The third-order valence-electron chi connectivity index (χ3n) is 6.74. The summed E-state index contributed by atoms with van der Waals surface area (Å²) in [5, 5.41) is 11.8. The molecule has 0 saturated carbocycles. The fourth-order valence-electron chi connectivity index (χ4n) is 5.00. The van der Waals surface area contributed by atoms with E-state index in [4.69, 9.17) is 9.84 Å². The van der Waals surface area contributed by atoms with Gasteiger partial charge in [0.15, 0.2) is 0 Å². The van der Waals surface area contributed by atoms with E-state index in [1.807, 2.05) is 48.2 Å². The smallest absolute Gasteiger partial charge is 0.407 e. The van der Waals surface area contributed by atoms with Crippen LogP contribution in [0.2, 0.25) is 0 Å². The predicted octanol–water partition coefficient (Wildman–Crippen LogP) is 4.36. The van der Waals surface area contributed by atoms with Crippen molar-refractivity contribution in [3.63, 3.8) is 0 Å². The summed E-state index contributed by atoms with van der Waals surface area (Å²) in [6.45, 7) is 0.733. The Morgan fingerprint density at radius 2 is 1.77 bits per heavy atom. The van der Waals surface area contributed by atoms with E-state index in [-0.39, 0.29) is 31.3 Å². The maximum Gasteiger partial charge on any atom is 0.407 e. The Balaban J connectivity index is 1.39. The second-order valence-corrected chi connectivity index (χ2v) is 10.4. The molecule has 186 valence electrons. The number of aliphatic carboxylic acids is 1. The molecular weight excluding hydrogens is 464 g/mol. The summed E-state index contributed by atoms with van der Waals surface area (Å²) in [5.41, 5.74) is 4.47. The summed E-state index contributed by atoms with van der Waals surface area (Å²) in [7, 11) is 1.72. The van der Waals surface area contributed by atoms with Crippen LogP contribution in [0.4, 0.5) is 4.79 Å². The van der Waals surface area contributed by atoms with Crippen LogP contribution in [0.1, 0.15) is 42.7 Å². The van der Waals surface area contributed by atoms with Gasteiger partial charge in [0.25, 0.3) is 0 Å². The van der Waals surface area contributed by atoms with E-state index in [0.29, 0.717) is 12.5 Å². The van der Waals surface area contributed by atoms with Gasteiger partial charge in [-0.15, -0.1) is 0 Å². The molecular formula is C27H32N2O5S. The number of nitrogens with one attached hydrogen (secondary N) is 1. The van der Waals surface area contributed by atoms with Crippen LogP contribution in [0.3, 0.4) is 0 Å². The van der Waals surface area contributed by atoms with E-state index in [1.54, 1.807) is 11.9 Å². The summed E-state index contributed by atoms with van der Waals surface area (Å²) in [4.78, 5) is 38.6. The highest BCUT2D eigenvalue weighted by Crippen LogP contribution is 2.44. The zero-order chi connectivity index (χ0) is 24.8. The number of fused-ring (bicyclic) bond motifs is 3. The lowest BCUT2D eigenvalue weighted by atomic mass is 9.98. The number of amides is 2. The lowest BCUT2D eigenvalue weighted by Gasteiger charge is -2.29. The van der Waals surface area contributed by atoms with Crippen LogP contribution in [-0.2, 0) is 14.3 Å². The van der Waals surface area contributed by atoms with Crippen molar-refractivity contribution >= 4 is 29.7 Å². The van der Waals surface area contributed by atoms with Crippen molar-refractivity contribution in [3.8, 4) is 11.1 Å². The highest BCUT2D eigenvalue weighted by atomic mass is 32.2. The molecule has 0 bridgehead atoms. The lowest BCUT2D eigenvalue weighted by molar-refractivity contribution is -0.138. The third kappa shape index (κ3) is 6.17. The van der Waals surface area contributed by atoms with Gasteiger partial charge in [0.2, 0.25) is 5.91 Å². The predicted molar refractivity (Wildman–Crippen MR) is 137 cm³/mol. The van der Waals surface area contributed by atoms with Crippen molar-refractivity contribution in [3.05, 3.63) is 59.7 Å². The van der Waals surface area contributed by atoms with E-state index in [2.05, 4.69) is 17.4 Å². The molecule has 0 spiro atoms. The van der Waals surface area contributed by atoms with Gasteiger partial charge in [0.05, 0.1) is 0 Å². The standard InChI is InChI=1S/C27H32N2O5S/c1-29(15-18-7-6-14-35-17-18)26(32)24(12-13-25(30)31)28-27(33)34-16-23-21-10-4-2-8-19(21)20-9-3-5-11-22(20)23/h2-5,8-11,18,23-24H,6-7,12-17H2,1H3,(H,28,33)(H,30,31). The molecule has 2 aromatic carbocycles. The van der Waals surface area contributed by atoms with Crippen LogP contribution in [0.5, 0.6) is 0 Å². The number of alkyl carbamates (subject to hydrolysis) is 1. The first-order chi connectivity index (χ1) is 16.9. The molecule has 0 radical (unpaired) electrons. The highest BCUT2D eigenvalue weighted by molar-refractivity contribution is 7.99. The number of thioether (sulfide) groups is 1. The molecule has 2 N–H and O–H groups in total. The number of carboxylic acids is 1. The zero-order valence-corrected chi connectivity index (χ0v) is 20.8. The molecule has 1 aliphatic carbocycles. The lowest BCUT2D eigenvalue weighted by Crippen LogP contribution is -2.49. The van der Waals surface area contributed by atoms with Gasteiger partial charge in [-0.1, -0.05) is 48.5 Å². The van der Waals surface area contributed by atoms with Crippen LogP contribution >= 0.6 is 11.8 Å². The second kappa shape index (κ2) is 11.6. The number of hydrogen-bond acceptors (Lipinski definition) is 5. The minimum Gasteiger partial charge on any atom is -0.481 e. The first kappa shape index (κ1) is 25.1. The number of benzene rings is 2. The minimum absolute atomic E-state index is 0.0160. The summed E-state index contributed by atoms with van der Waals surface area (Å²) in [6, 6.07) is 15.2. The molecule has 2 unspecified atom stereocenters. The maximum atomic E-state index is 13.1. The molecule has 1 fully saturated rings. The van der Waals surface area contributed by atoms with E-state index < -0.39 is 18.1 Å². The Morgan fingerprint density at radius 1 is 1.11 bits per heavy atom. The molecule has 2 aromatic rings. The van der Waals surface area contributed by atoms with Crippen molar-refractivity contribution in [2.24, 2.45) is 5.92 Å². The normalized spacial score (nSPS) is 17.7. The Hall–Kier alpha value is -3.00. The second-order valence-electron chi connectivity index (χ2n) is 9.26. The van der Waals surface area contributed by atoms with E-state index in [9.17, 15) is 14.4 Å². The first-order valence-corrected chi connectivity index (χ1v) is 13.3. The zero-order valence-electron chi connectivity index (χ0n) is 19.9. The Bertz CT molecular complexity index is 1020. The van der Waals surface area contributed by atoms with Crippen molar-refractivity contribution < 1.29 is 24.2 Å². The van der Waals surface area contributed by atoms with Crippen LogP contribution in [-0.4, -0.2) is 65.7 Å². The first-order valence-electron chi connectivity index (χ1n) is 12.1. The Kier molecular flexibility index (Phi) is 8.33. The van der Waals surface area contributed by atoms with Crippen molar-refractivity contribution in [2.45, 2.75) is 37.6 Å². The molecule has 1 heterocycles. The fraction of sp³-hybridized carbons (Fsp3) is 0.444. The number of hydrogen-bond donors (Lipinski definition) is 2. The van der Waals surface area contributed by atoms with E-state index >= 15 is 0 Å². The van der Waals surface area contributed by atoms with E-state index in [1.165, 1.54) is 0 Å². The van der Waals surface area contributed by atoms with Crippen LogP contribution in [0.15, 0.2) is 48.5 Å². The number of ether oxygens (including phenoxy) is 1. The number of likely N-dealkylation sites (N-methyl/N-ethyl adjacent to an activating group) is 1. The summed E-state index contributed by atoms with van der Waals surface area (Å²) >= 11 is 1.89. The van der Waals surface area contributed by atoms with Crippen molar-refractivity contribution in [1.82, 2.24) is 10.2 Å². The number of carbonyl (C=O) groups is 3. The van der Waals surface area contributed by atoms with Crippen molar-refractivity contribution in [2.75, 3.05) is 31.7 Å². The summed E-state index contributed by atoms with van der Waals surface area (Å²) in [6.07, 6.45) is 1.30. The van der Waals surface area contributed by atoms with Gasteiger partial charge >= 0.3 is 12.1 Å². The van der Waals surface area contributed by atoms with Gasteiger partial charge in [-0.2, -0.15) is 11.8 Å². The SMILES string of the molecule is CN(CC1CCCSC1)C(=O)C(CCC(=O)O)NC(=O)OCC1c2ccccc2-c2ccccc21. The molecule has 35 heavy (non-hydrogen) atoms. The van der Waals surface area contributed by atoms with Gasteiger partial charge in [-0.05, 0) is 58.9 Å². The van der Waals surface area contributed by atoms with Crippen LogP contribution in [0.25, 0.3) is 11.1 Å². The minimum atomic E-state index is -1.01. The molecule has 2 aliphatic rings. The van der Waals surface area contributed by atoms with Gasteiger partial charge in [-0.3, -0.25) is 9.59 Å². The molecule has 7 nitrogen and oxygen atoms in total. The average Bonchev–Trinajstić information content (AvgIpc) is 3.19. The number of carbonyl (C=O) groups excluding carboxylic acids is 2. The maximum absolute atomic E-state index is 13.1. The number of rotatable bonds is 9. The molecule has 1 saturated heterocycles. The molecule has 2 amide bonds. The number of carboxylic acid groups (broad SMARTS) is 1. The van der Waals surface area contributed by atoms with Gasteiger partial charge < -0.3 is 20.1 Å². The third-order valence-corrected chi connectivity index (χ3v) is 8.03. The van der Waals surface area contributed by atoms with Crippen molar-refractivity contribution in [1.29, 1.82) is 0 Å². The molecule has 4 rings (SSSR count). The quantitative estimate of drug-likeness (QED) is 0.536. The van der Waals surface area contributed by atoms with Gasteiger partial charge in [0.1, 0.15) is 12.6 Å². The summed E-state index contributed by atoms with van der Waals surface area (Å²) < 4.78 is 5.59. The molecule has 1 aliphatic heterocycles. The topological polar surface area (TPSA) is 95.9 Å². The van der Waals surface area contributed by atoms with Crippen LogP contribution < -0.4 is 5.32 Å². The Morgan fingerprint density at radius 3 is 2.37 bits per heavy atom. The average molecular weight is 497 g/mol. The molecule has 8 heteroatoms. The molecule has 0 aromatic heterocycles.